The van der Waals surface area contributed by atoms with Crippen molar-refractivity contribution in [3.05, 3.63) is 65.5 Å². The number of aryl methyl sites for hydroxylation is 2. The lowest BCUT2D eigenvalue weighted by Gasteiger charge is -2.18. The first kappa shape index (κ1) is 13.8. The van der Waals surface area contributed by atoms with Gasteiger partial charge in [-0.15, -0.1) is 0 Å². The normalized spacial score (nSPS) is 12.3. The maximum atomic E-state index is 4.18. The minimum absolute atomic E-state index is 0.421. The second-order valence-corrected chi connectivity index (χ2v) is 4.92. The van der Waals surface area contributed by atoms with Gasteiger partial charge in [0.1, 0.15) is 0 Å². The Kier molecular flexibility index (Phi) is 5.10. The van der Waals surface area contributed by atoms with E-state index in [1.54, 1.807) is 0 Å². The molecule has 0 aliphatic rings. The molecule has 100 valence electrons. The van der Waals surface area contributed by atoms with Gasteiger partial charge in [-0.2, -0.15) is 0 Å². The molecule has 1 heterocycles. The van der Waals surface area contributed by atoms with E-state index in [9.17, 15) is 0 Å². The molecule has 0 amide bonds. The molecular weight excluding hydrogens is 232 g/mol. The number of nitrogens with zero attached hydrogens (tertiary/aromatic N) is 1. The minimum Gasteiger partial charge on any atom is -0.310 e. The highest BCUT2D eigenvalue weighted by Gasteiger charge is 2.10. The lowest BCUT2D eigenvalue weighted by Crippen LogP contribution is -2.21. The summed E-state index contributed by atoms with van der Waals surface area (Å²) in [5.74, 6) is 0. The van der Waals surface area contributed by atoms with Gasteiger partial charge in [0.05, 0.1) is 0 Å². The molecule has 2 aromatic rings. The van der Waals surface area contributed by atoms with Gasteiger partial charge < -0.3 is 5.32 Å². The fraction of sp³-hybridized carbons (Fsp3) is 0.353. The molecular formula is C17H22N2. The van der Waals surface area contributed by atoms with Crippen molar-refractivity contribution in [3.8, 4) is 0 Å². The van der Waals surface area contributed by atoms with E-state index in [1.807, 2.05) is 18.5 Å². The van der Waals surface area contributed by atoms with Crippen LogP contribution < -0.4 is 5.32 Å². The summed E-state index contributed by atoms with van der Waals surface area (Å²) in [5, 5.41) is 3.58. The molecule has 2 nitrogen and oxygen atoms in total. The zero-order valence-electron chi connectivity index (χ0n) is 11.8. The fourth-order valence-corrected chi connectivity index (χ4v) is 2.38. The molecule has 0 fully saturated rings. The molecule has 0 spiro atoms. The maximum absolute atomic E-state index is 4.18. The number of pyridine rings is 1. The Bertz CT molecular complexity index is 494. The van der Waals surface area contributed by atoms with Crippen LogP contribution in [0.3, 0.4) is 0 Å². The van der Waals surface area contributed by atoms with Gasteiger partial charge in [0.25, 0.3) is 0 Å². The van der Waals surface area contributed by atoms with Crippen molar-refractivity contribution in [1.29, 1.82) is 0 Å². The largest absolute Gasteiger partial charge is 0.310 e. The molecule has 1 N–H and O–H groups in total. The third-order valence-corrected chi connectivity index (χ3v) is 3.34. The summed E-state index contributed by atoms with van der Waals surface area (Å²) in [7, 11) is 0. The first-order valence-electron chi connectivity index (χ1n) is 6.98. The van der Waals surface area contributed by atoms with Crippen LogP contribution in [0.5, 0.6) is 0 Å². The highest BCUT2D eigenvalue weighted by atomic mass is 14.9. The molecule has 0 radical (unpaired) electrons. The highest BCUT2D eigenvalue weighted by molar-refractivity contribution is 5.25. The third kappa shape index (κ3) is 4.18. The molecule has 1 aromatic heterocycles. The molecule has 0 saturated carbocycles. The van der Waals surface area contributed by atoms with Gasteiger partial charge in [0.15, 0.2) is 0 Å². The first-order valence-corrected chi connectivity index (χ1v) is 6.98. The third-order valence-electron chi connectivity index (χ3n) is 3.34. The first-order chi connectivity index (χ1) is 9.29. The number of hydrogen-bond acceptors (Lipinski definition) is 2. The summed E-state index contributed by atoms with van der Waals surface area (Å²) in [5.41, 5.74) is 4.01. The quantitative estimate of drug-likeness (QED) is 0.850. The Balaban J connectivity index is 2.04. The average Bonchev–Trinajstić information content (AvgIpc) is 2.44. The van der Waals surface area contributed by atoms with Crippen molar-refractivity contribution in [2.45, 2.75) is 32.7 Å². The standard InChI is InChI=1S/C17H22N2/c1-3-19-17(16-8-4-6-14(2)12-16)10-9-15-7-5-11-18-13-15/h4-8,11-13,17,19H,3,9-10H2,1-2H3. The van der Waals surface area contributed by atoms with Crippen LogP contribution in [-0.4, -0.2) is 11.5 Å². The van der Waals surface area contributed by atoms with Crippen LogP contribution in [0.4, 0.5) is 0 Å². The van der Waals surface area contributed by atoms with Crippen LogP contribution in [0.2, 0.25) is 0 Å². The van der Waals surface area contributed by atoms with E-state index in [2.05, 4.69) is 54.5 Å². The van der Waals surface area contributed by atoms with E-state index in [4.69, 9.17) is 0 Å². The summed E-state index contributed by atoms with van der Waals surface area (Å²) in [6, 6.07) is 13.3. The van der Waals surface area contributed by atoms with Crippen molar-refractivity contribution < 1.29 is 0 Å². The van der Waals surface area contributed by atoms with Crippen molar-refractivity contribution in [1.82, 2.24) is 10.3 Å². The van der Waals surface area contributed by atoms with Gasteiger partial charge in [-0.1, -0.05) is 42.8 Å². The monoisotopic (exact) mass is 254 g/mol. The van der Waals surface area contributed by atoms with Crippen LogP contribution >= 0.6 is 0 Å². The summed E-state index contributed by atoms with van der Waals surface area (Å²) in [6.45, 7) is 5.30. The van der Waals surface area contributed by atoms with E-state index in [-0.39, 0.29) is 0 Å². The number of hydrogen-bond donors (Lipinski definition) is 1. The Hall–Kier alpha value is -1.67. The van der Waals surface area contributed by atoms with E-state index in [0.29, 0.717) is 6.04 Å². The van der Waals surface area contributed by atoms with E-state index in [1.165, 1.54) is 16.7 Å². The Labute approximate surface area is 115 Å². The highest BCUT2D eigenvalue weighted by Crippen LogP contribution is 2.20. The Morgan fingerprint density at radius 2 is 2.11 bits per heavy atom. The number of aromatic nitrogens is 1. The predicted molar refractivity (Wildman–Crippen MR) is 80.2 cm³/mol. The SMILES string of the molecule is CCNC(CCc1cccnc1)c1cccc(C)c1. The lowest BCUT2D eigenvalue weighted by molar-refractivity contribution is 0.515. The molecule has 1 atom stereocenters. The van der Waals surface area contributed by atoms with Crippen molar-refractivity contribution >= 4 is 0 Å². The molecule has 19 heavy (non-hydrogen) atoms. The molecule has 1 aromatic carbocycles. The number of rotatable bonds is 6. The van der Waals surface area contributed by atoms with Gasteiger partial charge in [0.2, 0.25) is 0 Å². The summed E-state index contributed by atoms with van der Waals surface area (Å²) in [4.78, 5) is 4.18. The zero-order valence-corrected chi connectivity index (χ0v) is 11.8. The van der Waals surface area contributed by atoms with Crippen molar-refractivity contribution in [2.24, 2.45) is 0 Å². The molecule has 0 saturated heterocycles. The molecule has 2 rings (SSSR count). The molecule has 1 unspecified atom stereocenters. The summed E-state index contributed by atoms with van der Waals surface area (Å²) in [6.07, 6.45) is 5.94. The molecule has 0 bridgehead atoms. The Morgan fingerprint density at radius 3 is 2.79 bits per heavy atom. The topological polar surface area (TPSA) is 24.9 Å². The zero-order chi connectivity index (χ0) is 13.5. The van der Waals surface area contributed by atoms with Crippen molar-refractivity contribution in [3.63, 3.8) is 0 Å². The van der Waals surface area contributed by atoms with E-state index in [0.717, 1.165) is 19.4 Å². The maximum Gasteiger partial charge on any atom is 0.0323 e. The van der Waals surface area contributed by atoms with Gasteiger partial charge >= 0.3 is 0 Å². The summed E-state index contributed by atoms with van der Waals surface area (Å²) < 4.78 is 0. The lowest BCUT2D eigenvalue weighted by atomic mass is 9.98. The van der Waals surface area contributed by atoms with Crippen LogP contribution in [0.1, 0.15) is 36.1 Å². The van der Waals surface area contributed by atoms with Crippen LogP contribution in [0.25, 0.3) is 0 Å². The van der Waals surface area contributed by atoms with E-state index < -0.39 is 0 Å². The number of benzene rings is 1. The van der Waals surface area contributed by atoms with Crippen LogP contribution in [0.15, 0.2) is 48.8 Å². The van der Waals surface area contributed by atoms with Gasteiger partial charge in [-0.05, 0) is 43.5 Å². The van der Waals surface area contributed by atoms with Crippen molar-refractivity contribution in [2.75, 3.05) is 6.54 Å². The Morgan fingerprint density at radius 1 is 1.21 bits per heavy atom. The summed E-state index contributed by atoms with van der Waals surface area (Å²) >= 11 is 0. The predicted octanol–water partition coefficient (Wildman–Crippen LogP) is 3.67. The van der Waals surface area contributed by atoms with Gasteiger partial charge in [-0.3, -0.25) is 4.98 Å². The van der Waals surface area contributed by atoms with Gasteiger partial charge in [-0.25, -0.2) is 0 Å². The molecule has 0 aliphatic heterocycles. The van der Waals surface area contributed by atoms with Crippen LogP contribution in [0, 0.1) is 6.92 Å². The average molecular weight is 254 g/mol. The van der Waals surface area contributed by atoms with E-state index >= 15 is 0 Å². The second kappa shape index (κ2) is 7.05. The number of nitrogens with one attached hydrogen (secondary N) is 1. The minimum atomic E-state index is 0.421. The smallest absolute Gasteiger partial charge is 0.0323 e. The van der Waals surface area contributed by atoms with Gasteiger partial charge in [0, 0.05) is 18.4 Å². The fourth-order valence-electron chi connectivity index (χ4n) is 2.38. The molecule has 2 heteroatoms. The molecule has 0 aliphatic carbocycles. The second-order valence-electron chi connectivity index (χ2n) is 4.92. The van der Waals surface area contributed by atoms with Crippen LogP contribution in [-0.2, 0) is 6.42 Å².